The van der Waals surface area contributed by atoms with Gasteiger partial charge in [0.15, 0.2) is 0 Å². The van der Waals surface area contributed by atoms with Crippen LogP contribution in [0.2, 0.25) is 0 Å². The van der Waals surface area contributed by atoms with Crippen molar-refractivity contribution in [2.75, 3.05) is 27.2 Å². The van der Waals surface area contributed by atoms with Crippen molar-refractivity contribution in [1.29, 1.82) is 0 Å². The number of hydrogen-bond donors (Lipinski definition) is 0. The topological polar surface area (TPSA) is 49.9 Å². The second-order valence-corrected chi connectivity index (χ2v) is 8.47. The number of fused-ring (bicyclic) bond motifs is 2. The van der Waals surface area contributed by atoms with Crippen LogP contribution in [0, 0.1) is 0 Å². The molecule has 1 saturated heterocycles. The Hall–Kier alpha value is -2.04. The van der Waals surface area contributed by atoms with Gasteiger partial charge in [0.25, 0.3) is 0 Å². The highest BCUT2D eigenvalue weighted by Crippen LogP contribution is 2.46. The van der Waals surface area contributed by atoms with E-state index >= 15 is 0 Å². The van der Waals surface area contributed by atoms with Crippen LogP contribution in [-0.4, -0.2) is 55.1 Å². The van der Waals surface area contributed by atoms with Gasteiger partial charge in [-0.25, -0.2) is 4.79 Å². The lowest BCUT2D eigenvalue weighted by molar-refractivity contribution is -0.115. The SMILES string of the molecule is CC(C)(C)OC(=O)N1CCC2(CCc3ccccc32)CC1.CN(C)C=O. The number of nitrogens with zero attached hydrogens (tertiary/aromatic N) is 2. The van der Waals surface area contributed by atoms with E-state index in [0.717, 1.165) is 32.3 Å². The minimum absolute atomic E-state index is 0.163. The Kier molecular flexibility index (Phi) is 6.32. The third-order valence-corrected chi connectivity index (χ3v) is 5.04. The minimum atomic E-state index is -0.411. The van der Waals surface area contributed by atoms with Crippen molar-refractivity contribution >= 4 is 12.5 Å². The van der Waals surface area contributed by atoms with Crippen molar-refractivity contribution in [3.63, 3.8) is 0 Å². The summed E-state index contributed by atoms with van der Waals surface area (Å²) >= 11 is 0. The molecule has 0 atom stereocenters. The molecule has 144 valence electrons. The zero-order valence-electron chi connectivity index (χ0n) is 16.7. The lowest BCUT2D eigenvalue weighted by Gasteiger charge is -2.40. The monoisotopic (exact) mass is 360 g/mol. The van der Waals surface area contributed by atoms with E-state index in [1.807, 2.05) is 25.7 Å². The zero-order chi connectivity index (χ0) is 19.4. The van der Waals surface area contributed by atoms with Crippen LogP contribution in [0.5, 0.6) is 0 Å². The maximum Gasteiger partial charge on any atom is 0.410 e. The van der Waals surface area contributed by atoms with Crippen LogP contribution in [0.15, 0.2) is 24.3 Å². The number of amides is 2. The molecular weight excluding hydrogens is 328 g/mol. The van der Waals surface area contributed by atoms with Gasteiger partial charge < -0.3 is 14.5 Å². The largest absolute Gasteiger partial charge is 0.444 e. The van der Waals surface area contributed by atoms with Crippen LogP contribution in [0.3, 0.4) is 0 Å². The van der Waals surface area contributed by atoms with Crippen LogP contribution in [0.4, 0.5) is 4.79 Å². The molecule has 0 saturated carbocycles. The molecule has 1 heterocycles. The van der Waals surface area contributed by atoms with Crippen LogP contribution in [0.25, 0.3) is 0 Å². The molecular formula is C21H32N2O3. The summed E-state index contributed by atoms with van der Waals surface area (Å²) in [7, 11) is 3.38. The molecule has 1 aliphatic heterocycles. The third-order valence-electron chi connectivity index (χ3n) is 5.04. The molecule has 0 aromatic heterocycles. The van der Waals surface area contributed by atoms with Gasteiger partial charge in [0.1, 0.15) is 5.60 Å². The Labute approximate surface area is 157 Å². The van der Waals surface area contributed by atoms with Crippen LogP contribution >= 0.6 is 0 Å². The Morgan fingerprint density at radius 3 is 2.27 bits per heavy atom. The standard InChI is InChI=1S/C18H25NO2.C3H7NO/c1-17(2,3)21-16(20)19-12-10-18(11-13-19)9-8-14-6-4-5-7-15(14)18;1-4(2)3-5/h4-7H,8-13H2,1-3H3;3H,1-2H3. The Bertz CT molecular complexity index is 626. The first-order chi connectivity index (χ1) is 12.2. The van der Waals surface area contributed by atoms with Gasteiger partial charge in [0, 0.05) is 27.2 Å². The Balaban J connectivity index is 0.000000431. The van der Waals surface area contributed by atoms with Gasteiger partial charge in [0.2, 0.25) is 6.41 Å². The molecule has 1 fully saturated rings. The number of benzene rings is 1. The van der Waals surface area contributed by atoms with Crippen LogP contribution < -0.4 is 0 Å². The average molecular weight is 360 g/mol. The number of carbonyl (C=O) groups is 2. The number of ether oxygens (including phenoxy) is 1. The van der Waals surface area contributed by atoms with Crippen molar-refractivity contribution in [2.45, 2.75) is 57.5 Å². The van der Waals surface area contributed by atoms with Gasteiger partial charge >= 0.3 is 6.09 Å². The molecule has 0 radical (unpaired) electrons. The molecule has 2 amide bonds. The molecule has 1 aliphatic carbocycles. The maximum absolute atomic E-state index is 12.2. The number of carbonyl (C=O) groups excluding carboxylic acids is 2. The van der Waals surface area contributed by atoms with E-state index in [9.17, 15) is 9.59 Å². The highest BCUT2D eigenvalue weighted by Gasteiger charge is 2.42. The first-order valence-corrected chi connectivity index (χ1v) is 9.35. The molecule has 2 aliphatic rings. The lowest BCUT2D eigenvalue weighted by atomic mass is 9.74. The molecule has 0 N–H and O–H groups in total. The predicted octanol–water partition coefficient (Wildman–Crippen LogP) is 3.61. The van der Waals surface area contributed by atoms with Crippen molar-refractivity contribution in [2.24, 2.45) is 0 Å². The molecule has 1 aromatic rings. The average Bonchev–Trinajstić information content (AvgIpc) is 2.93. The number of likely N-dealkylation sites (tertiary alicyclic amines) is 1. The van der Waals surface area contributed by atoms with E-state index in [1.165, 1.54) is 28.9 Å². The second-order valence-electron chi connectivity index (χ2n) is 8.47. The fourth-order valence-electron chi connectivity index (χ4n) is 3.73. The van der Waals surface area contributed by atoms with Crippen molar-refractivity contribution in [1.82, 2.24) is 9.80 Å². The highest BCUT2D eigenvalue weighted by molar-refractivity contribution is 5.68. The summed E-state index contributed by atoms with van der Waals surface area (Å²) in [5.41, 5.74) is 2.92. The normalized spacial score (nSPS) is 17.8. The fourth-order valence-corrected chi connectivity index (χ4v) is 3.73. The molecule has 3 rings (SSSR count). The van der Waals surface area contributed by atoms with Crippen LogP contribution in [-0.2, 0) is 21.4 Å². The summed E-state index contributed by atoms with van der Waals surface area (Å²) in [6.45, 7) is 7.38. The van der Waals surface area contributed by atoms with Gasteiger partial charge in [-0.1, -0.05) is 24.3 Å². The Morgan fingerprint density at radius 1 is 1.15 bits per heavy atom. The first-order valence-electron chi connectivity index (χ1n) is 9.35. The number of aryl methyl sites for hydroxylation is 1. The minimum Gasteiger partial charge on any atom is -0.444 e. The van der Waals surface area contributed by atoms with E-state index < -0.39 is 5.60 Å². The summed E-state index contributed by atoms with van der Waals surface area (Å²) in [4.78, 5) is 24.9. The molecule has 5 nitrogen and oxygen atoms in total. The molecule has 0 unspecified atom stereocenters. The summed E-state index contributed by atoms with van der Waals surface area (Å²) in [6, 6.07) is 8.82. The molecule has 1 aromatic carbocycles. The Morgan fingerprint density at radius 2 is 1.73 bits per heavy atom. The van der Waals surface area contributed by atoms with E-state index in [4.69, 9.17) is 4.74 Å². The highest BCUT2D eigenvalue weighted by atomic mass is 16.6. The smallest absolute Gasteiger partial charge is 0.410 e. The van der Waals surface area contributed by atoms with Gasteiger partial charge in [0.05, 0.1) is 0 Å². The number of hydrogen-bond acceptors (Lipinski definition) is 3. The van der Waals surface area contributed by atoms with E-state index in [0.29, 0.717) is 5.41 Å². The third kappa shape index (κ3) is 4.99. The fraction of sp³-hybridized carbons (Fsp3) is 0.619. The molecule has 1 spiro atoms. The zero-order valence-corrected chi connectivity index (χ0v) is 16.7. The second kappa shape index (κ2) is 8.11. The van der Waals surface area contributed by atoms with E-state index in [-0.39, 0.29) is 6.09 Å². The predicted molar refractivity (Wildman–Crippen MR) is 103 cm³/mol. The van der Waals surface area contributed by atoms with Crippen LogP contribution in [0.1, 0.15) is 51.2 Å². The van der Waals surface area contributed by atoms with Gasteiger partial charge in [-0.2, -0.15) is 0 Å². The summed E-state index contributed by atoms with van der Waals surface area (Å²) in [5, 5.41) is 0. The van der Waals surface area contributed by atoms with Gasteiger partial charge in [-0.3, -0.25) is 4.79 Å². The van der Waals surface area contributed by atoms with Crippen molar-refractivity contribution < 1.29 is 14.3 Å². The number of rotatable bonds is 1. The molecule has 26 heavy (non-hydrogen) atoms. The number of piperidine rings is 1. The van der Waals surface area contributed by atoms with Gasteiger partial charge in [-0.05, 0) is 63.0 Å². The van der Waals surface area contributed by atoms with Gasteiger partial charge in [-0.15, -0.1) is 0 Å². The molecule has 5 heteroatoms. The maximum atomic E-state index is 12.2. The van der Waals surface area contributed by atoms with E-state index in [1.54, 1.807) is 14.1 Å². The quantitative estimate of drug-likeness (QED) is 0.719. The first kappa shape index (κ1) is 20.3. The lowest BCUT2D eigenvalue weighted by Crippen LogP contribution is -2.46. The van der Waals surface area contributed by atoms with E-state index in [2.05, 4.69) is 24.3 Å². The summed E-state index contributed by atoms with van der Waals surface area (Å²) < 4.78 is 5.48. The summed E-state index contributed by atoms with van der Waals surface area (Å²) in [5.74, 6) is 0. The van der Waals surface area contributed by atoms with Crippen molar-refractivity contribution in [3.8, 4) is 0 Å². The van der Waals surface area contributed by atoms with Crippen molar-refractivity contribution in [3.05, 3.63) is 35.4 Å². The summed E-state index contributed by atoms with van der Waals surface area (Å²) in [6.07, 6.45) is 5.12. The molecule has 0 bridgehead atoms.